The van der Waals surface area contributed by atoms with Gasteiger partial charge in [-0.25, -0.2) is 0 Å². The summed E-state index contributed by atoms with van der Waals surface area (Å²) >= 11 is 0. The van der Waals surface area contributed by atoms with Gasteiger partial charge < -0.3 is 14.4 Å². The van der Waals surface area contributed by atoms with Crippen molar-refractivity contribution in [2.75, 3.05) is 41.0 Å². The Kier molecular flexibility index (Phi) is 6.81. The Morgan fingerprint density at radius 3 is 2.58 bits per heavy atom. The molecule has 3 heteroatoms. The van der Waals surface area contributed by atoms with Crippen LogP contribution in [-0.4, -0.2) is 45.9 Å². The number of hydrogen-bond acceptors (Lipinski definition) is 3. The van der Waals surface area contributed by atoms with Crippen LogP contribution in [0.2, 0.25) is 0 Å². The van der Waals surface area contributed by atoms with Gasteiger partial charge in [-0.05, 0) is 20.5 Å². The van der Waals surface area contributed by atoms with Gasteiger partial charge in [-0.1, -0.05) is 6.58 Å². The predicted molar refractivity (Wildman–Crippen MR) is 50.1 cm³/mol. The second-order valence-corrected chi connectivity index (χ2v) is 2.98. The maximum Gasteiger partial charge on any atom is 0.114 e. The Labute approximate surface area is 75.0 Å². The molecule has 0 heterocycles. The molecule has 0 N–H and O–H groups in total. The summed E-state index contributed by atoms with van der Waals surface area (Å²) in [5.41, 5.74) is 0. The van der Waals surface area contributed by atoms with Gasteiger partial charge in [0.15, 0.2) is 0 Å². The van der Waals surface area contributed by atoms with Crippen molar-refractivity contribution >= 4 is 0 Å². The standard InChI is InChI=1S/C9H19NO2/c1-9(8-11-4)12-7-5-6-10(2)3/h1,5-8H2,2-4H3. The van der Waals surface area contributed by atoms with Crippen molar-refractivity contribution < 1.29 is 9.47 Å². The Bertz CT molecular complexity index is 124. The van der Waals surface area contributed by atoms with Crippen molar-refractivity contribution in [3.8, 4) is 0 Å². The van der Waals surface area contributed by atoms with Crippen LogP contribution in [0, 0.1) is 0 Å². The van der Waals surface area contributed by atoms with Crippen molar-refractivity contribution in [1.29, 1.82) is 0 Å². The normalized spacial score (nSPS) is 10.3. The van der Waals surface area contributed by atoms with Gasteiger partial charge in [-0.15, -0.1) is 0 Å². The molecule has 0 saturated carbocycles. The summed E-state index contributed by atoms with van der Waals surface area (Å²) in [4.78, 5) is 2.13. The molecule has 12 heavy (non-hydrogen) atoms. The molecule has 0 aliphatic rings. The van der Waals surface area contributed by atoms with E-state index in [0.29, 0.717) is 12.4 Å². The van der Waals surface area contributed by atoms with E-state index in [1.165, 1.54) is 0 Å². The van der Waals surface area contributed by atoms with Gasteiger partial charge in [0, 0.05) is 13.7 Å². The fourth-order valence-electron chi connectivity index (χ4n) is 0.800. The van der Waals surface area contributed by atoms with Crippen LogP contribution in [0.25, 0.3) is 0 Å². The molecule has 3 nitrogen and oxygen atoms in total. The van der Waals surface area contributed by atoms with Crippen LogP contribution in [-0.2, 0) is 9.47 Å². The minimum Gasteiger partial charge on any atom is -0.496 e. The molecule has 0 aromatic carbocycles. The van der Waals surface area contributed by atoms with E-state index in [4.69, 9.17) is 9.47 Å². The van der Waals surface area contributed by atoms with Crippen molar-refractivity contribution in [3.05, 3.63) is 12.3 Å². The Morgan fingerprint density at radius 1 is 1.42 bits per heavy atom. The van der Waals surface area contributed by atoms with E-state index < -0.39 is 0 Å². The van der Waals surface area contributed by atoms with Crippen LogP contribution >= 0.6 is 0 Å². The lowest BCUT2D eigenvalue weighted by Crippen LogP contribution is -2.15. The molecule has 0 radical (unpaired) electrons. The maximum atomic E-state index is 5.29. The van der Waals surface area contributed by atoms with Crippen molar-refractivity contribution in [2.24, 2.45) is 0 Å². The number of ether oxygens (including phenoxy) is 2. The van der Waals surface area contributed by atoms with Crippen LogP contribution < -0.4 is 0 Å². The lowest BCUT2D eigenvalue weighted by atomic mass is 10.4. The summed E-state index contributed by atoms with van der Waals surface area (Å²) in [6, 6.07) is 0. The third-order valence-electron chi connectivity index (χ3n) is 1.36. The van der Waals surface area contributed by atoms with E-state index in [-0.39, 0.29) is 0 Å². The second-order valence-electron chi connectivity index (χ2n) is 2.98. The zero-order valence-corrected chi connectivity index (χ0v) is 8.30. The lowest BCUT2D eigenvalue weighted by molar-refractivity contribution is 0.127. The molecule has 0 amide bonds. The van der Waals surface area contributed by atoms with Crippen molar-refractivity contribution in [1.82, 2.24) is 4.90 Å². The number of hydrogen-bond donors (Lipinski definition) is 0. The number of methoxy groups -OCH3 is 1. The van der Waals surface area contributed by atoms with Gasteiger partial charge >= 0.3 is 0 Å². The fourth-order valence-corrected chi connectivity index (χ4v) is 0.800. The third kappa shape index (κ3) is 7.57. The molecule has 0 aromatic rings. The molecule has 0 bridgehead atoms. The SMILES string of the molecule is C=C(COC)OCCCN(C)C. The average molecular weight is 173 g/mol. The van der Waals surface area contributed by atoms with Gasteiger partial charge in [-0.2, -0.15) is 0 Å². The first-order valence-electron chi connectivity index (χ1n) is 4.11. The summed E-state index contributed by atoms with van der Waals surface area (Å²) in [5, 5.41) is 0. The molecule has 72 valence electrons. The Morgan fingerprint density at radius 2 is 2.08 bits per heavy atom. The van der Waals surface area contributed by atoms with Gasteiger partial charge in [0.05, 0.1) is 6.61 Å². The summed E-state index contributed by atoms with van der Waals surface area (Å²) in [6.45, 7) is 5.95. The molecule has 0 saturated heterocycles. The number of nitrogens with zero attached hydrogens (tertiary/aromatic N) is 1. The van der Waals surface area contributed by atoms with Crippen LogP contribution in [0.15, 0.2) is 12.3 Å². The molecule has 0 rings (SSSR count). The summed E-state index contributed by atoms with van der Waals surface area (Å²) < 4.78 is 10.1. The molecule has 0 atom stereocenters. The first-order chi connectivity index (χ1) is 5.66. The van der Waals surface area contributed by atoms with E-state index in [9.17, 15) is 0 Å². The van der Waals surface area contributed by atoms with Gasteiger partial charge in [0.2, 0.25) is 0 Å². The highest BCUT2D eigenvalue weighted by Crippen LogP contribution is 1.95. The van der Waals surface area contributed by atoms with Crippen LogP contribution in [0.5, 0.6) is 0 Å². The van der Waals surface area contributed by atoms with E-state index >= 15 is 0 Å². The molecular weight excluding hydrogens is 154 g/mol. The minimum absolute atomic E-state index is 0.488. The van der Waals surface area contributed by atoms with Gasteiger partial charge in [-0.3, -0.25) is 0 Å². The summed E-state index contributed by atoms with van der Waals surface area (Å²) in [5.74, 6) is 0.705. The van der Waals surface area contributed by atoms with E-state index in [0.717, 1.165) is 19.6 Å². The number of rotatable bonds is 7. The zero-order chi connectivity index (χ0) is 9.40. The highest BCUT2D eigenvalue weighted by Gasteiger charge is 1.94. The smallest absolute Gasteiger partial charge is 0.114 e. The second kappa shape index (κ2) is 7.13. The third-order valence-corrected chi connectivity index (χ3v) is 1.36. The first kappa shape index (κ1) is 11.5. The van der Waals surface area contributed by atoms with E-state index in [1.807, 2.05) is 14.1 Å². The zero-order valence-electron chi connectivity index (χ0n) is 8.30. The first-order valence-corrected chi connectivity index (χ1v) is 4.11. The molecule has 0 aliphatic carbocycles. The van der Waals surface area contributed by atoms with Crippen LogP contribution in [0.1, 0.15) is 6.42 Å². The maximum absolute atomic E-state index is 5.29. The molecule has 0 aromatic heterocycles. The van der Waals surface area contributed by atoms with Crippen molar-refractivity contribution in [2.45, 2.75) is 6.42 Å². The van der Waals surface area contributed by atoms with Crippen LogP contribution in [0.3, 0.4) is 0 Å². The highest BCUT2D eigenvalue weighted by molar-refractivity contribution is 4.81. The highest BCUT2D eigenvalue weighted by atomic mass is 16.5. The summed E-state index contributed by atoms with van der Waals surface area (Å²) in [6.07, 6.45) is 1.02. The molecule has 0 spiro atoms. The fraction of sp³-hybridized carbons (Fsp3) is 0.778. The molecule has 0 fully saturated rings. The largest absolute Gasteiger partial charge is 0.496 e. The quantitative estimate of drug-likeness (QED) is 0.425. The van der Waals surface area contributed by atoms with Gasteiger partial charge in [0.1, 0.15) is 12.4 Å². The summed E-state index contributed by atoms with van der Waals surface area (Å²) in [7, 11) is 5.72. The molecule has 0 unspecified atom stereocenters. The monoisotopic (exact) mass is 173 g/mol. The van der Waals surface area contributed by atoms with Crippen LogP contribution in [0.4, 0.5) is 0 Å². The minimum atomic E-state index is 0.488. The van der Waals surface area contributed by atoms with E-state index in [2.05, 4.69) is 11.5 Å². The molecular formula is C9H19NO2. The van der Waals surface area contributed by atoms with Gasteiger partial charge in [0.25, 0.3) is 0 Å². The average Bonchev–Trinajstić information content (AvgIpc) is 1.98. The lowest BCUT2D eigenvalue weighted by Gasteiger charge is -2.11. The topological polar surface area (TPSA) is 21.7 Å². The van der Waals surface area contributed by atoms with E-state index in [1.54, 1.807) is 7.11 Å². The Hall–Kier alpha value is -0.540. The predicted octanol–water partition coefficient (Wildman–Crippen LogP) is 1.11. The Balaban J connectivity index is 3.14. The van der Waals surface area contributed by atoms with Crippen molar-refractivity contribution in [3.63, 3.8) is 0 Å². The molecule has 0 aliphatic heterocycles.